The highest BCUT2D eigenvalue weighted by Crippen LogP contribution is 2.29. The number of amides is 2. The molecule has 8 nitrogen and oxygen atoms in total. The maximum atomic E-state index is 13.3. The van der Waals surface area contributed by atoms with E-state index in [4.69, 9.17) is 4.74 Å². The summed E-state index contributed by atoms with van der Waals surface area (Å²) in [6, 6.07) is 7.59. The van der Waals surface area contributed by atoms with E-state index in [-0.39, 0.29) is 24.5 Å². The normalized spacial score (nSPS) is 14.0. The molecule has 1 aliphatic carbocycles. The fourth-order valence-corrected chi connectivity index (χ4v) is 3.59. The molecule has 1 heterocycles. The lowest BCUT2D eigenvalue weighted by atomic mass is 9.97. The summed E-state index contributed by atoms with van der Waals surface area (Å²) >= 11 is 0. The van der Waals surface area contributed by atoms with Crippen LogP contribution in [0.2, 0.25) is 0 Å². The van der Waals surface area contributed by atoms with Crippen LogP contribution in [0.3, 0.4) is 0 Å². The smallest absolute Gasteiger partial charge is 0.255 e. The Bertz CT molecular complexity index is 1060. The number of hydrogen-bond acceptors (Lipinski definition) is 6. The van der Waals surface area contributed by atoms with Crippen LogP contribution in [0.1, 0.15) is 66.8 Å². The van der Waals surface area contributed by atoms with Crippen molar-refractivity contribution in [2.24, 2.45) is 0 Å². The number of ether oxygens (including phenoxy) is 1. The van der Waals surface area contributed by atoms with Gasteiger partial charge in [-0.15, -0.1) is 0 Å². The maximum absolute atomic E-state index is 13.3. The van der Waals surface area contributed by atoms with Crippen LogP contribution in [-0.4, -0.2) is 59.3 Å². The summed E-state index contributed by atoms with van der Waals surface area (Å²) in [6.07, 6.45) is 3.72. The molecular weight excluding hydrogens is 432 g/mol. The number of hydrogen-bond donors (Lipinski definition) is 4. The van der Waals surface area contributed by atoms with Crippen molar-refractivity contribution in [2.75, 3.05) is 25.6 Å². The van der Waals surface area contributed by atoms with Crippen LogP contribution in [0.5, 0.6) is 0 Å². The molecule has 0 atom stereocenters. The molecule has 2 amide bonds. The van der Waals surface area contributed by atoms with Crippen molar-refractivity contribution in [1.82, 2.24) is 15.6 Å². The molecule has 1 aromatic heterocycles. The molecule has 0 unspecified atom stereocenters. The zero-order chi connectivity index (χ0) is 25.1. The van der Waals surface area contributed by atoms with Crippen LogP contribution in [0, 0.1) is 6.92 Å². The first-order valence-electron chi connectivity index (χ1n) is 11.6. The van der Waals surface area contributed by atoms with Gasteiger partial charge in [0.2, 0.25) is 0 Å². The third kappa shape index (κ3) is 6.55. The Morgan fingerprint density at radius 2 is 1.82 bits per heavy atom. The van der Waals surface area contributed by atoms with E-state index in [0.29, 0.717) is 23.6 Å². The van der Waals surface area contributed by atoms with Gasteiger partial charge in [0.15, 0.2) is 0 Å². The molecule has 2 aromatic rings. The molecule has 0 spiro atoms. The second-order valence-corrected chi connectivity index (χ2v) is 10.3. The minimum Gasteiger partial charge on any atom is -0.394 e. The average molecular weight is 469 g/mol. The number of carbonyl (C=O) groups is 2. The van der Waals surface area contributed by atoms with Crippen molar-refractivity contribution < 1.29 is 19.4 Å². The van der Waals surface area contributed by atoms with Gasteiger partial charge < -0.3 is 25.8 Å². The van der Waals surface area contributed by atoms with Gasteiger partial charge >= 0.3 is 0 Å². The third-order valence-electron chi connectivity index (χ3n) is 5.66. The lowest BCUT2D eigenvalue weighted by molar-refractivity contribution is 0.0819. The van der Waals surface area contributed by atoms with Crippen LogP contribution in [0.4, 0.5) is 5.82 Å². The van der Waals surface area contributed by atoms with Crippen LogP contribution in [0.15, 0.2) is 30.5 Å². The molecule has 0 radical (unpaired) electrons. The van der Waals surface area contributed by atoms with Crippen LogP contribution < -0.4 is 16.0 Å². The lowest BCUT2D eigenvalue weighted by Gasteiger charge is -2.28. The van der Waals surface area contributed by atoms with E-state index in [1.54, 1.807) is 19.4 Å². The number of nitrogens with zero attached hydrogens (tertiary/aromatic N) is 1. The zero-order valence-corrected chi connectivity index (χ0v) is 20.9. The number of anilines is 1. The highest BCUT2D eigenvalue weighted by atomic mass is 16.5. The van der Waals surface area contributed by atoms with Crippen molar-refractivity contribution in [3.63, 3.8) is 0 Å². The minimum atomic E-state index is -0.678. The first-order chi connectivity index (χ1) is 15.9. The van der Waals surface area contributed by atoms with Gasteiger partial charge in [-0.3, -0.25) is 9.59 Å². The quantitative estimate of drug-likeness (QED) is 0.426. The molecule has 8 heteroatoms. The monoisotopic (exact) mass is 468 g/mol. The second-order valence-electron chi connectivity index (χ2n) is 10.3. The number of methoxy groups -OCH3 is 1. The van der Waals surface area contributed by atoms with Gasteiger partial charge in [-0.25, -0.2) is 4.98 Å². The molecular formula is C26H36N4O4. The Hall–Kier alpha value is -2.97. The first kappa shape index (κ1) is 25.6. The van der Waals surface area contributed by atoms with E-state index in [0.717, 1.165) is 29.5 Å². The Balaban J connectivity index is 2.01. The topological polar surface area (TPSA) is 113 Å². The maximum Gasteiger partial charge on any atom is 0.255 e. The summed E-state index contributed by atoms with van der Waals surface area (Å²) in [5.74, 6) is -0.0410. The van der Waals surface area contributed by atoms with E-state index >= 15 is 0 Å². The van der Waals surface area contributed by atoms with Gasteiger partial charge in [0, 0.05) is 30.5 Å². The Labute approximate surface area is 201 Å². The van der Waals surface area contributed by atoms with Gasteiger partial charge in [-0.1, -0.05) is 6.07 Å². The molecule has 34 heavy (non-hydrogen) atoms. The molecule has 0 aliphatic heterocycles. The highest BCUT2D eigenvalue weighted by Gasteiger charge is 2.27. The molecule has 1 saturated carbocycles. The van der Waals surface area contributed by atoms with E-state index in [9.17, 15) is 14.7 Å². The van der Waals surface area contributed by atoms with Crippen molar-refractivity contribution in [3.05, 3.63) is 47.2 Å². The van der Waals surface area contributed by atoms with Crippen molar-refractivity contribution >= 4 is 17.6 Å². The number of carbonyl (C=O) groups excluding carboxylic acids is 2. The predicted molar refractivity (Wildman–Crippen MR) is 133 cm³/mol. The predicted octanol–water partition coefficient (Wildman–Crippen LogP) is 3.29. The number of pyridine rings is 1. The Morgan fingerprint density at radius 3 is 2.44 bits per heavy atom. The van der Waals surface area contributed by atoms with Crippen LogP contribution >= 0.6 is 0 Å². The molecule has 3 rings (SSSR count). The first-order valence-corrected chi connectivity index (χ1v) is 11.6. The number of aromatic nitrogens is 1. The van der Waals surface area contributed by atoms with Gasteiger partial charge in [0.25, 0.3) is 11.8 Å². The number of aryl methyl sites for hydroxylation is 1. The zero-order valence-electron chi connectivity index (χ0n) is 20.9. The number of aliphatic hydroxyl groups excluding tert-OH is 1. The molecule has 1 aromatic carbocycles. The van der Waals surface area contributed by atoms with Gasteiger partial charge in [0.1, 0.15) is 5.82 Å². The van der Waals surface area contributed by atoms with Crippen molar-refractivity contribution in [2.45, 2.75) is 64.6 Å². The summed E-state index contributed by atoms with van der Waals surface area (Å²) in [5, 5.41) is 18.9. The Morgan fingerprint density at radius 1 is 1.12 bits per heavy atom. The molecule has 1 aliphatic rings. The van der Waals surface area contributed by atoms with Gasteiger partial charge in [-0.2, -0.15) is 0 Å². The van der Waals surface area contributed by atoms with Crippen LogP contribution in [-0.2, 0) is 4.74 Å². The largest absolute Gasteiger partial charge is 0.394 e. The standard InChI is InChI=1S/C26H36N4O4/c1-16-7-8-17(23(32)28-19-9-10-19)11-20(16)18-12-21(24(33)30-26(4,5)15-34-6)22(27-13-18)29-25(2,3)14-31/h7-8,11-13,19,31H,9-10,14-15H2,1-6H3,(H,27,29)(H,28,32)(H,30,33). The summed E-state index contributed by atoms with van der Waals surface area (Å²) in [4.78, 5) is 30.5. The summed E-state index contributed by atoms with van der Waals surface area (Å²) < 4.78 is 5.23. The van der Waals surface area contributed by atoms with E-state index < -0.39 is 11.1 Å². The van der Waals surface area contributed by atoms with E-state index in [2.05, 4.69) is 20.9 Å². The minimum absolute atomic E-state index is 0.0982. The Kier molecular flexibility index (Phi) is 7.63. The number of rotatable bonds is 10. The second kappa shape index (κ2) is 10.1. The van der Waals surface area contributed by atoms with E-state index in [1.807, 2.05) is 52.8 Å². The molecule has 4 N–H and O–H groups in total. The van der Waals surface area contributed by atoms with Crippen molar-refractivity contribution in [1.29, 1.82) is 0 Å². The van der Waals surface area contributed by atoms with Gasteiger partial charge in [0.05, 0.1) is 29.9 Å². The average Bonchev–Trinajstić information content (AvgIpc) is 3.57. The van der Waals surface area contributed by atoms with E-state index in [1.165, 1.54) is 0 Å². The summed E-state index contributed by atoms with van der Waals surface area (Å²) in [6.45, 7) is 9.57. The van der Waals surface area contributed by atoms with Crippen LogP contribution in [0.25, 0.3) is 11.1 Å². The third-order valence-corrected chi connectivity index (χ3v) is 5.66. The SMILES string of the molecule is COCC(C)(C)NC(=O)c1cc(-c2cc(C(=O)NC3CC3)ccc2C)cnc1NC(C)(C)CO. The summed E-state index contributed by atoms with van der Waals surface area (Å²) in [7, 11) is 1.59. The van der Waals surface area contributed by atoms with Gasteiger partial charge in [-0.05, 0) is 76.8 Å². The fraction of sp³-hybridized carbons (Fsp3) is 0.500. The van der Waals surface area contributed by atoms with Crippen molar-refractivity contribution in [3.8, 4) is 11.1 Å². The molecule has 184 valence electrons. The highest BCUT2D eigenvalue weighted by molar-refractivity contribution is 6.01. The lowest BCUT2D eigenvalue weighted by Crippen LogP contribution is -2.47. The number of nitrogens with one attached hydrogen (secondary N) is 3. The fourth-order valence-electron chi connectivity index (χ4n) is 3.59. The number of aliphatic hydroxyl groups is 1. The summed E-state index contributed by atoms with van der Waals surface area (Å²) in [5.41, 5.74) is 2.16. The molecule has 1 fully saturated rings. The number of benzene rings is 1. The molecule has 0 bridgehead atoms. The molecule has 0 saturated heterocycles.